The van der Waals surface area contributed by atoms with E-state index in [1.54, 1.807) is 6.92 Å². The summed E-state index contributed by atoms with van der Waals surface area (Å²) in [6, 6.07) is -0.355. The number of carbonyl (C=O) groups excluding carboxylic acids is 1. The van der Waals surface area contributed by atoms with Crippen LogP contribution in [0.15, 0.2) is 28.7 Å². The topological polar surface area (TPSA) is 84.5 Å². The Morgan fingerprint density at radius 1 is 1.48 bits per heavy atom. The molecule has 1 aromatic heterocycles. The molecule has 0 aliphatic carbocycles. The molecule has 1 atom stereocenters. The van der Waals surface area contributed by atoms with E-state index in [-0.39, 0.29) is 17.4 Å². The van der Waals surface area contributed by atoms with E-state index < -0.39 is 11.9 Å². The van der Waals surface area contributed by atoms with Crippen molar-refractivity contribution in [1.82, 2.24) is 14.9 Å². The third kappa shape index (κ3) is 3.33. The minimum Gasteiger partial charge on any atom is -0.400 e. The SMILES string of the molecule is CN=C(C1=C(N)C(C)N(C=O)CC1)c1cncc(C(F)(F)F)n1. The number of halogens is 3. The molecule has 23 heavy (non-hydrogen) atoms. The second kappa shape index (κ2) is 6.35. The highest BCUT2D eigenvalue weighted by Gasteiger charge is 2.34. The summed E-state index contributed by atoms with van der Waals surface area (Å²) in [6.45, 7) is 2.15. The van der Waals surface area contributed by atoms with Gasteiger partial charge in [0.15, 0.2) is 5.69 Å². The fourth-order valence-corrected chi connectivity index (χ4v) is 2.43. The molecule has 0 aromatic carbocycles. The summed E-state index contributed by atoms with van der Waals surface area (Å²) < 4.78 is 38.4. The molecular weight excluding hydrogens is 311 g/mol. The van der Waals surface area contributed by atoms with Crippen LogP contribution in [0.3, 0.4) is 0 Å². The molecule has 1 amide bonds. The predicted octanol–water partition coefficient (Wildman–Crippen LogP) is 1.38. The molecule has 0 radical (unpaired) electrons. The van der Waals surface area contributed by atoms with Gasteiger partial charge in [-0.3, -0.25) is 14.8 Å². The first-order valence-electron chi connectivity index (χ1n) is 6.86. The molecule has 0 saturated heterocycles. The van der Waals surface area contributed by atoms with E-state index in [0.717, 1.165) is 0 Å². The smallest absolute Gasteiger partial charge is 0.400 e. The molecule has 9 heteroatoms. The van der Waals surface area contributed by atoms with Crippen LogP contribution in [0.4, 0.5) is 13.2 Å². The Morgan fingerprint density at radius 3 is 2.74 bits per heavy atom. The van der Waals surface area contributed by atoms with Crippen LogP contribution in [0.25, 0.3) is 0 Å². The Hall–Kier alpha value is -2.45. The van der Waals surface area contributed by atoms with Gasteiger partial charge in [0.05, 0.1) is 24.1 Å². The molecule has 0 bridgehead atoms. The van der Waals surface area contributed by atoms with Gasteiger partial charge in [-0.05, 0) is 13.3 Å². The fourth-order valence-electron chi connectivity index (χ4n) is 2.43. The highest BCUT2D eigenvalue weighted by Crippen LogP contribution is 2.28. The lowest BCUT2D eigenvalue weighted by molar-refractivity contribution is -0.141. The molecule has 0 saturated carbocycles. The number of hydrogen-bond donors (Lipinski definition) is 1. The maximum Gasteiger partial charge on any atom is 0.434 e. The fraction of sp³-hybridized carbons (Fsp3) is 0.429. The minimum absolute atomic E-state index is 0.00651. The number of hydrogen-bond acceptors (Lipinski definition) is 5. The molecule has 1 unspecified atom stereocenters. The first kappa shape index (κ1) is 16.9. The van der Waals surface area contributed by atoms with Crippen molar-refractivity contribution in [1.29, 1.82) is 0 Å². The molecule has 1 aliphatic heterocycles. The lowest BCUT2D eigenvalue weighted by atomic mass is 9.94. The molecule has 2 rings (SSSR count). The molecule has 124 valence electrons. The molecule has 6 nitrogen and oxygen atoms in total. The van der Waals surface area contributed by atoms with Crippen molar-refractivity contribution in [3.8, 4) is 0 Å². The quantitative estimate of drug-likeness (QED) is 0.671. The van der Waals surface area contributed by atoms with E-state index in [2.05, 4.69) is 15.0 Å². The summed E-state index contributed by atoms with van der Waals surface area (Å²) in [7, 11) is 1.45. The van der Waals surface area contributed by atoms with Gasteiger partial charge in [-0.25, -0.2) is 4.98 Å². The molecule has 1 aliphatic rings. The average Bonchev–Trinajstić information content (AvgIpc) is 2.52. The number of amides is 1. The van der Waals surface area contributed by atoms with Gasteiger partial charge in [0.2, 0.25) is 6.41 Å². The summed E-state index contributed by atoms with van der Waals surface area (Å²) in [5.74, 6) is 0. The van der Waals surface area contributed by atoms with Gasteiger partial charge >= 0.3 is 6.18 Å². The summed E-state index contributed by atoms with van der Waals surface area (Å²) >= 11 is 0. The van der Waals surface area contributed by atoms with Crippen LogP contribution in [0.2, 0.25) is 0 Å². The lowest BCUT2D eigenvalue weighted by Gasteiger charge is -2.32. The van der Waals surface area contributed by atoms with Crippen molar-refractivity contribution < 1.29 is 18.0 Å². The largest absolute Gasteiger partial charge is 0.434 e. The number of carbonyl (C=O) groups is 1. The zero-order valence-corrected chi connectivity index (χ0v) is 12.6. The first-order chi connectivity index (χ1) is 10.8. The number of nitrogens with two attached hydrogens (primary N) is 1. The monoisotopic (exact) mass is 327 g/mol. The standard InChI is InChI=1S/C14H16F3N5O/c1-8-12(18)9(3-4-22(8)7-23)13(19-2)10-5-20-6-11(21-10)14(15,16)17/h5-8H,3-4,18H2,1-2H3. The summed E-state index contributed by atoms with van der Waals surface area (Å²) in [5, 5.41) is 0. The molecule has 0 fully saturated rings. The Labute approximate surface area is 130 Å². The Morgan fingerprint density at radius 2 is 2.17 bits per heavy atom. The van der Waals surface area contributed by atoms with Crippen molar-refractivity contribution in [2.75, 3.05) is 13.6 Å². The zero-order valence-electron chi connectivity index (χ0n) is 12.6. The van der Waals surface area contributed by atoms with Gasteiger partial charge in [-0.1, -0.05) is 0 Å². The summed E-state index contributed by atoms with van der Waals surface area (Å²) in [6.07, 6.45) is -1.63. The molecular formula is C14H16F3N5O. The second-order valence-electron chi connectivity index (χ2n) is 5.06. The minimum atomic E-state index is -4.59. The Bertz CT molecular complexity index is 669. The molecule has 2 heterocycles. The molecule has 1 aromatic rings. The predicted molar refractivity (Wildman–Crippen MR) is 77.6 cm³/mol. The van der Waals surface area contributed by atoms with E-state index in [0.29, 0.717) is 36.8 Å². The maximum atomic E-state index is 12.8. The van der Waals surface area contributed by atoms with Crippen LogP contribution in [0.5, 0.6) is 0 Å². The number of aromatic nitrogens is 2. The van der Waals surface area contributed by atoms with Crippen molar-refractivity contribution in [2.45, 2.75) is 25.6 Å². The van der Waals surface area contributed by atoms with Crippen LogP contribution < -0.4 is 5.73 Å². The van der Waals surface area contributed by atoms with E-state index in [9.17, 15) is 18.0 Å². The van der Waals surface area contributed by atoms with Gasteiger partial charge in [-0.15, -0.1) is 0 Å². The van der Waals surface area contributed by atoms with Gasteiger partial charge in [0, 0.05) is 24.9 Å². The number of nitrogens with zero attached hydrogens (tertiary/aromatic N) is 4. The van der Waals surface area contributed by atoms with Gasteiger partial charge < -0.3 is 10.6 Å². The van der Waals surface area contributed by atoms with Crippen LogP contribution in [-0.2, 0) is 11.0 Å². The first-order valence-corrected chi connectivity index (χ1v) is 6.86. The number of alkyl halides is 3. The van der Waals surface area contributed by atoms with Gasteiger partial charge in [0.1, 0.15) is 5.69 Å². The highest BCUT2D eigenvalue weighted by molar-refractivity contribution is 6.11. The Balaban J connectivity index is 2.46. The van der Waals surface area contributed by atoms with Crippen LogP contribution in [-0.4, -0.2) is 46.6 Å². The van der Waals surface area contributed by atoms with Crippen molar-refractivity contribution >= 4 is 12.1 Å². The van der Waals surface area contributed by atoms with Crippen LogP contribution in [0, 0.1) is 0 Å². The summed E-state index contributed by atoms with van der Waals surface area (Å²) in [4.78, 5) is 23.7. The van der Waals surface area contributed by atoms with Gasteiger partial charge in [-0.2, -0.15) is 13.2 Å². The lowest BCUT2D eigenvalue weighted by Crippen LogP contribution is -2.42. The zero-order chi connectivity index (χ0) is 17.2. The van der Waals surface area contributed by atoms with Crippen LogP contribution >= 0.6 is 0 Å². The van der Waals surface area contributed by atoms with E-state index >= 15 is 0 Å². The van der Waals surface area contributed by atoms with E-state index in [4.69, 9.17) is 5.73 Å². The number of rotatable bonds is 3. The molecule has 2 N–H and O–H groups in total. The average molecular weight is 327 g/mol. The highest BCUT2D eigenvalue weighted by atomic mass is 19.4. The third-order valence-electron chi connectivity index (χ3n) is 3.73. The summed E-state index contributed by atoms with van der Waals surface area (Å²) in [5.41, 5.74) is 6.22. The Kier molecular flexibility index (Phi) is 4.67. The third-order valence-corrected chi connectivity index (χ3v) is 3.73. The maximum absolute atomic E-state index is 12.8. The normalized spacial score (nSPS) is 20.0. The van der Waals surface area contributed by atoms with Crippen molar-refractivity contribution in [2.24, 2.45) is 10.7 Å². The molecule has 0 spiro atoms. The van der Waals surface area contributed by atoms with Gasteiger partial charge in [0.25, 0.3) is 0 Å². The van der Waals surface area contributed by atoms with E-state index in [1.165, 1.54) is 18.1 Å². The van der Waals surface area contributed by atoms with Crippen LogP contribution in [0.1, 0.15) is 24.7 Å². The van der Waals surface area contributed by atoms with Crippen molar-refractivity contribution in [3.05, 3.63) is 35.1 Å². The number of aliphatic imine (C=N–C) groups is 1. The second-order valence-corrected chi connectivity index (χ2v) is 5.06. The van der Waals surface area contributed by atoms with E-state index in [1.807, 2.05) is 0 Å². The van der Waals surface area contributed by atoms with Crippen molar-refractivity contribution in [3.63, 3.8) is 0 Å².